The Bertz CT molecular complexity index is 862. The van der Waals surface area contributed by atoms with E-state index < -0.39 is 23.3 Å². The van der Waals surface area contributed by atoms with Crippen molar-refractivity contribution in [3.63, 3.8) is 0 Å². The SMILES string of the molecule is C=C(/C=C\C(=C)C(=C)/C(F)=C(/F)C(=C)C(C)CCC(C)CC)C(=C)/C(F)=C(/F)C(=C)C. The molecule has 0 aromatic carbocycles. The molecule has 2 unspecified atom stereocenters. The molecule has 0 amide bonds. The molecular formula is C27H34F4. The number of rotatable bonds is 13. The normalized spacial score (nSPS) is 15.0. The molecular weight excluding hydrogens is 400 g/mol. The van der Waals surface area contributed by atoms with Crippen LogP contribution in [0.1, 0.15) is 47.0 Å². The molecule has 0 nitrogen and oxygen atoms in total. The summed E-state index contributed by atoms with van der Waals surface area (Å²) in [5, 5.41) is 0. The molecule has 0 aliphatic heterocycles. The lowest BCUT2D eigenvalue weighted by Gasteiger charge is -2.16. The maximum Gasteiger partial charge on any atom is 0.166 e. The van der Waals surface area contributed by atoms with E-state index in [0.717, 1.165) is 12.8 Å². The topological polar surface area (TPSA) is 0 Å². The van der Waals surface area contributed by atoms with Crippen LogP contribution in [0.3, 0.4) is 0 Å². The van der Waals surface area contributed by atoms with E-state index in [1.165, 1.54) is 19.1 Å². The number of hydrogen-bond donors (Lipinski definition) is 0. The Hall–Kier alpha value is -2.62. The van der Waals surface area contributed by atoms with E-state index in [2.05, 4.69) is 53.3 Å². The molecule has 0 radical (unpaired) electrons. The number of hydrogen-bond acceptors (Lipinski definition) is 0. The molecule has 0 heterocycles. The van der Waals surface area contributed by atoms with Gasteiger partial charge in [0.15, 0.2) is 23.3 Å². The first-order valence-corrected chi connectivity index (χ1v) is 10.2. The van der Waals surface area contributed by atoms with Gasteiger partial charge >= 0.3 is 0 Å². The quantitative estimate of drug-likeness (QED) is 0.200. The fourth-order valence-electron chi connectivity index (χ4n) is 2.41. The van der Waals surface area contributed by atoms with Crippen LogP contribution in [0.15, 0.2) is 108 Å². The third-order valence-corrected chi connectivity index (χ3v) is 5.22. The Balaban J connectivity index is 5.32. The van der Waals surface area contributed by atoms with Crippen molar-refractivity contribution in [2.75, 3.05) is 0 Å². The van der Waals surface area contributed by atoms with Gasteiger partial charge in [-0.2, -0.15) is 0 Å². The second-order valence-electron chi connectivity index (χ2n) is 7.89. The zero-order valence-electron chi connectivity index (χ0n) is 19.2. The highest BCUT2D eigenvalue weighted by atomic mass is 19.2. The first kappa shape index (κ1) is 28.4. The van der Waals surface area contributed by atoms with Crippen LogP contribution in [0.5, 0.6) is 0 Å². The Morgan fingerprint density at radius 1 is 0.710 bits per heavy atom. The van der Waals surface area contributed by atoms with E-state index in [9.17, 15) is 17.6 Å². The molecule has 0 bridgehead atoms. The van der Waals surface area contributed by atoms with Crippen LogP contribution < -0.4 is 0 Å². The Labute approximate surface area is 185 Å². The lowest BCUT2D eigenvalue weighted by molar-refractivity contribution is 0.440. The molecule has 0 spiro atoms. The Morgan fingerprint density at radius 3 is 1.52 bits per heavy atom. The van der Waals surface area contributed by atoms with Crippen molar-refractivity contribution in [2.45, 2.75) is 47.0 Å². The second kappa shape index (κ2) is 12.9. The minimum atomic E-state index is -1.19. The first-order valence-electron chi connectivity index (χ1n) is 10.2. The predicted octanol–water partition coefficient (Wildman–Crippen LogP) is 9.66. The largest absolute Gasteiger partial charge is 0.203 e. The molecule has 170 valence electrons. The van der Waals surface area contributed by atoms with Gasteiger partial charge in [0.1, 0.15) is 0 Å². The lowest BCUT2D eigenvalue weighted by atomic mass is 9.90. The van der Waals surface area contributed by atoms with E-state index in [4.69, 9.17) is 0 Å². The first-order chi connectivity index (χ1) is 14.3. The summed E-state index contributed by atoms with van der Waals surface area (Å²) in [4.78, 5) is 0. The molecule has 0 saturated carbocycles. The molecule has 4 heteroatoms. The average molecular weight is 435 g/mol. The third-order valence-electron chi connectivity index (χ3n) is 5.22. The highest BCUT2D eigenvalue weighted by molar-refractivity contribution is 5.54. The average Bonchev–Trinajstić information content (AvgIpc) is 2.76. The van der Waals surface area contributed by atoms with E-state index in [0.29, 0.717) is 12.3 Å². The fraction of sp³-hybridized carbons (Fsp3) is 0.333. The highest BCUT2D eigenvalue weighted by Crippen LogP contribution is 2.32. The van der Waals surface area contributed by atoms with E-state index >= 15 is 0 Å². The van der Waals surface area contributed by atoms with Gasteiger partial charge in [0.25, 0.3) is 0 Å². The molecule has 31 heavy (non-hydrogen) atoms. The summed E-state index contributed by atoms with van der Waals surface area (Å²) in [6.07, 6.45) is 5.17. The maximum absolute atomic E-state index is 14.6. The minimum absolute atomic E-state index is 0.0378. The summed E-state index contributed by atoms with van der Waals surface area (Å²) in [5.74, 6) is -4.25. The van der Waals surface area contributed by atoms with Gasteiger partial charge in [-0.1, -0.05) is 85.2 Å². The smallest absolute Gasteiger partial charge is 0.166 e. The molecule has 0 aliphatic rings. The fourth-order valence-corrected chi connectivity index (χ4v) is 2.41. The highest BCUT2D eigenvalue weighted by Gasteiger charge is 2.19. The van der Waals surface area contributed by atoms with Crippen LogP contribution in [-0.2, 0) is 0 Å². The monoisotopic (exact) mass is 434 g/mol. The summed E-state index contributed by atoms with van der Waals surface area (Å²) >= 11 is 0. The zero-order chi connectivity index (χ0) is 24.5. The second-order valence-corrected chi connectivity index (χ2v) is 7.89. The zero-order valence-corrected chi connectivity index (χ0v) is 19.2. The van der Waals surface area contributed by atoms with Crippen molar-refractivity contribution in [2.24, 2.45) is 11.8 Å². The van der Waals surface area contributed by atoms with Crippen molar-refractivity contribution in [3.05, 3.63) is 108 Å². The molecule has 0 N–H and O–H groups in total. The van der Waals surface area contributed by atoms with Crippen LogP contribution >= 0.6 is 0 Å². The van der Waals surface area contributed by atoms with Crippen LogP contribution in [0, 0.1) is 11.8 Å². The number of halogens is 4. The van der Waals surface area contributed by atoms with Gasteiger partial charge in [0.2, 0.25) is 0 Å². The van der Waals surface area contributed by atoms with Gasteiger partial charge in [-0.25, -0.2) is 17.6 Å². The predicted molar refractivity (Wildman–Crippen MR) is 126 cm³/mol. The summed E-state index contributed by atoms with van der Waals surface area (Å²) in [7, 11) is 0. The molecule has 0 saturated heterocycles. The van der Waals surface area contributed by atoms with Gasteiger partial charge in [-0.05, 0) is 47.5 Å². The number of allylic oxidation sites excluding steroid dienone is 12. The van der Waals surface area contributed by atoms with E-state index in [-0.39, 0.29) is 39.4 Å². The summed E-state index contributed by atoms with van der Waals surface area (Å²) in [6.45, 7) is 28.6. The van der Waals surface area contributed by atoms with Crippen molar-refractivity contribution < 1.29 is 17.6 Å². The van der Waals surface area contributed by atoms with Crippen molar-refractivity contribution >= 4 is 0 Å². The Kier molecular flexibility index (Phi) is 11.8. The van der Waals surface area contributed by atoms with Crippen LogP contribution in [-0.4, -0.2) is 0 Å². The van der Waals surface area contributed by atoms with Gasteiger partial charge in [-0.3, -0.25) is 0 Å². The third kappa shape index (κ3) is 8.56. The van der Waals surface area contributed by atoms with Gasteiger partial charge in [0.05, 0.1) is 0 Å². The van der Waals surface area contributed by atoms with E-state index in [1.54, 1.807) is 6.92 Å². The Morgan fingerprint density at radius 2 is 1.13 bits per heavy atom. The van der Waals surface area contributed by atoms with Crippen LogP contribution in [0.2, 0.25) is 0 Å². The summed E-state index contributed by atoms with van der Waals surface area (Å²) < 4.78 is 56.8. The van der Waals surface area contributed by atoms with Crippen LogP contribution in [0.25, 0.3) is 0 Å². The van der Waals surface area contributed by atoms with Gasteiger partial charge in [0, 0.05) is 11.1 Å². The van der Waals surface area contributed by atoms with Crippen molar-refractivity contribution in [3.8, 4) is 0 Å². The van der Waals surface area contributed by atoms with Gasteiger partial charge in [-0.15, -0.1) is 0 Å². The van der Waals surface area contributed by atoms with Crippen molar-refractivity contribution in [1.29, 1.82) is 0 Å². The molecule has 0 aliphatic carbocycles. The summed E-state index contributed by atoms with van der Waals surface area (Å²) in [5.41, 5.74) is -0.497. The van der Waals surface area contributed by atoms with E-state index in [1.807, 2.05) is 0 Å². The van der Waals surface area contributed by atoms with Gasteiger partial charge < -0.3 is 0 Å². The lowest BCUT2D eigenvalue weighted by Crippen LogP contribution is -2.04. The molecule has 0 rings (SSSR count). The summed E-state index contributed by atoms with van der Waals surface area (Å²) in [6, 6.07) is 0. The van der Waals surface area contributed by atoms with Crippen LogP contribution in [0.4, 0.5) is 17.6 Å². The molecule has 0 aromatic rings. The standard InChI is InChI=1S/C27H34F4/c1-11-17(4)12-13-18(5)22(9)26(30)27(31)23(10)20(7)15-14-19(6)21(8)25(29)24(28)16(2)3/h14-15,17-18H,2,6-13H2,1,3-5H3/b15-14-,25-24-,27-26-. The minimum Gasteiger partial charge on any atom is -0.203 e. The molecule has 0 aromatic heterocycles. The molecule has 2 atom stereocenters. The van der Waals surface area contributed by atoms with Crippen molar-refractivity contribution in [1.82, 2.24) is 0 Å². The molecule has 0 fully saturated rings. The maximum atomic E-state index is 14.6.